The van der Waals surface area contributed by atoms with Gasteiger partial charge in [0.05, 0.1) is 32.3 Å². The van der Waals surface area contributed by atoms with Crippen molar-refractivity contribution >= 4 is 17.7 Å². The van der Waals surface area contributed by atoms with E-state index in [9.17, 15) is 24.6 Å². The van der Waals surface area contributed by atoms with Crippen LogP contribution in [-0.4, -0.2) is 54.4 Å². The Morgan fingerprint density at radius 3 is 2.41 bits per heavy atom. The van der Waals surface area contributed by atoms with Crippen LogP contribution in [0, 0.1) is 11.8 Å². The highest BCUT2D eigenvalue weighted by atomic mass is 16.5. The Labute approximate surface area is 157 Å². The molecule has 1 aliphatic rings. The number of aromatic hydroxyl groups is 1. The molecular weight excluding hydrogens is 356 g/mol. The minimum absolute atomic E-state index is 0.126. The van der Waals surface area contributed by atoms with Gasteiger partial charge in [0, 0.05) is 12.3 Å². The van der Waals surface area contributed by atoms with Gasteiger partial charge in [0.2, 0.25) is 0 Å². The fourth-order valence-corrected chi connectivity index (χ4v) is 3.68. The standard InChI is InChI=1S/C19H24O8/c1-5-27-13-8-10(6-7-11(13)20)14-15(17(22)25-3)12(21)9-19(2,24)16(14)18(23)26-4/h6-8,14-16,20,24H,5,9H2,1-4H3/t14-,15-,16-,19-/m1/s1. The van der Waals surface area contributed by atoms with Gasteiger partial charge >= 0.3 is 11.9 Å². The zero-order valence-corrected chi connectivity index (χ0v) is 15.7. The van der Waals surface area contributed by atoms with Crippen molar-refractivity contribution in [3.05, 3.63) is 23.8 Å². The van der Waals surface area contributed by atoms with Crippen LogP contribution < -0.4 is 4.74 Å². The third kappa shape index (κ3) is 3.90. The summed E-state index contributed by atoms with van der Waals surface area (Å²) < 4.78 is 15.0. The summed E-state index contributed by atoms with van der Waals surface area (Å²) in [5.41, 5.74) is -1.35. The summed E-state index contributed by atoms with van der Waals surface area (Å²) in [5.74, 6) is -5.61. The van der Waals surface area contributed by atoms with E-state index in [1.165, 1.54) is 32.2 Å². The van der Waals surface area contributed by atoms with E-state index in [2.05, 4.69) is 0 Å². The van der Waals surface area contributed by atoms with Crippen molar-refractivity contribution in [1.82, 2.24) is 0 Å². The van der Waals surface area contributed by atoms with E-state index in [0.717, 1.165) is 7.11 Å². The van der Waals surface area contributed by atoms with Crippen LogP contribution in [0.2, 0.25) is 0 Å². The molecule has 0 unspecified atom stereocenters. The lowest BCUT2D eigenvalue weighted by molar-refractivity contribution is -0.170. The van der Waals surface area contributed by atoms with Crippen molar-refractivity contribution in [2.75, 3.05) is 20.8 Å². The monoisotopic (exact) mass is 380 g/mol. The van der Waals surface area contributed by atoms with Gasteiger partial charge in [0.15, 0.2) is 17.3 Å². The van der Waals surface area contributed by atoms with Crippen molar-refractivity contribution in [1.29, 1.82) is 0 Å². The Hall–Kier alpha value is -2.61. The lowest BCUT2D eigenvalue weighted by Crippen LogP contribution is -2.55. The zero-order valence-electron chi connectivity index (χ0n) is 15.7. The Morgan fingerprint density at radius 2 is 1.85 bits per heavy atom. The highest BCUT2D eigenvalue weighted by molar-refractivity contribution is 6.02. The second-order valence-electron chi connectivity index (χ2n) is 6.69. The molecule has 27 heavy (non-hydrogen) atoms. The number of ketones is 1. The van der Waals surface area contributed by atoms with E-state index in [0.29, 0.717) is 5.56 Å². The number of hydrogen-bond donors (Lipinski definition) is 2. The molecule has 1 aliphatic carbocycles. The fraction of sp³-hybridized carbons (Fsp3) is 0.526. The molecule has 0 bridgehead atoms. The molecule has 0 heterocycles. The predicted octanol–water partition coefficient (Wildman–Crippen LogP) is 1.18. The molecule has 2 N–H and O–H groups in total. The number of phenols is 1. The number of methoxy groups -OCH3 is 2. The molecule has 0 spiro atoms. The molecule has 0 saturated heterocycles. The first kappa shape index (κ1) is 20.7. The zero-order chi connectivity index (χ0) is 20.4. The summed E-state index contributed by atoms with van der Waals surface area (Å²) >= 11 is 0. The summed E-state index contributed by atoms with van der Waals surface area (Å²) in [7, 11) is 2.32. The smallest absolute Gasteiger partial charge is 0.316 e. The van der Waals surface area contributed by atoms with Gasteiger partial charge in [-0.05, 0) is 31.5 Å². The molecule has 1 saturated carbocycles. The Morgan fingerprint density at radius 1 is 1.22 bits per heavy atom. The average Bonchev–Trinajstić information content (AvgIpc) is 2.61. The van der Waals surface area contributed by atoms with Gasteiger partial charge in [0.25, 0.3) is 0 Å². The first-order valence-corrected chi connectivity index (χ1v) is 8.54. The van der Waals surface area contributed by atoms with E-state index in [-0.39, 0.29) is 24.5 Å². The number of rotatable bonds is 5. The number of aliphatic hydroxyl groups is 1. The summed E-state index contributed by atoms with van der Waals surface area (Å²) in [5, 5.41) is 20.7. The number of ether oxygens (including phenoxy) is 3. The van der Waals surface area contributed by atoms with Gasteiger partial charge in [-0.25, -0.2) is 0 Å². The van der Waals surface area contributed by atoms with Gasteiger partial charge in [-0.2, -0.15) is 0 Å². The molecule has 0 radical (unpaired) electrons. The van der Waals surface area contributed by atoms with E-state index >= 15 is 0 Å². The number of carbonyl (C=O) groups is 3. The molecule has 1 fully saturated rings. The molecule has 1 aromatic carbocycles. The quantitative estimate of drug-likeness (QED) is 0.577. The average molecular weight is 380 g/mol. The van der Waals surface area contributed by atoms with Gasteiger partial charge in [0.1, 0.15) is 5.92 Å². The Balaban J connectivity index is 2.67. The Kier molecular flexibility index (Phi) is 6.10. The predicted molar refractivity (Wildman–Crippen MR) is 93.3 cm³/mol. The highest BCUT2D eigenvalue weighted by Gasteiger charge is 2.57. The SMILES string of the molecule is CCOc1cc([C@@H]2[C@H](C(=O)OC)C(=O)C[C@@](C)(O)[C@H]2C(=O)OC)ccc1O. The van der Waals surface area contributed by atoms with E-state index in [4.69, 9.17) is 14.2 Å². The molecule has 0 amide bonds. The molecule has 8 heteroatoms. The van der Waals surface area contributed by atoms with Gasteiger partial charge in [-0.3, -0.25) is 14.4 Å². The molecule has 148 valence electrons. The van der Waals surface area contributed by atoms with Crippen LogP contribution in [-0.2, 0) is 23.9 Å². The number of hydrogen-bond acceptors (Lipinski definition) is 8. The first-order valence-electron chi connectivity index (χ1n) is 8.54. The number of benzene rings is 1. The van der Waals surface area contributed by atoms with Crippen LogP contribution in [0.5, 0.6) is 11.5 Å². The summed E-state index contributed by atoms with van der Waals surface area (Å²) in [6.07, 6.45) is -0.389. The number of Topliss-reactive ketones (excluding diaryl/α,β-unsaturated/α-hetero) is 1. The van der Waals surface area contributed by atoms with Crippen molar-refractivity contribution in [3.8, 4) is 11.5 Å². The van der Waals surface area contributed by atoms with E-state index in [1.807, 2.05) is 0 Å². The molecule has 0 aromatic heterocycles. The van der Waals surface area contributed by atoms with Crippen LogP contribution in [0.15, 0.2) is 18.2 Å². The van der Waals surface area contributed by atoms with Gasteiger partial charge in [-0.1, -0.05) is 6.07 Å². The second kappa shape index (κ2) is 7.96. The van der Waals surface area contributed by atoms with Gasteiger partial charge in [-0.15, -0.1) is 0 Å². The summed E-state index contributed by atoms with van der Waals surface area (Å²) in [6.45, 7) is 3.37. The largest absolute Gasteiger partial charge is 0.504 e. The maximum Gasteiger partial charge on any atom is 0.316 e. The minimum Gasteiger partial charge on any atom is -0.504 e. The van der Waals surface area contributed by atoms with Crippen molar-refractivity contribution < 1.29 is 38.8 Å². The highest BCUT2D eigenvalue weighted by Crippen LogP contribution is 2.47. The lowest BCUT2D eigenvalue weighted by Gasteiger charge is -2.43. The van der Waals surface area contributed by atoms with Crippen LogP contribution in [0.25, 0.3) is 0 Å². The number of esters is 2. The molecule has 8 nitrogen and oxygen atoms in total. The van der Waals surface area contributed by atoms with E-state index < -0.39 is 41.1 Å². The molecule has 2 rings (SSSR count). The van der Waals surface area contributed by atoms with Crippen LogP contribution in [0.4, 0.5) is 0 Å². The third-order valence-electron chi connectivity index (χ3n) is 4.85. The normalized spacial score (nSPS) is 27.7. The molecule has 0 aliphatic heterocycles. The summed E-state index contributed by atoms with van der Waals surface area (Å²) in [4.78, 5) is 37.5. The van der Waals surface area contributed by atoms with Crippen molar-refractivity contribution in [3.63, 3.8) is 0 Å². The maximum absolute atomic E-state index is 12.6. The molecule has 4 atom stereocenters. The van der Waals surface area contributed by atoms with Crippen molar-refractivity contribution in [2.45, 2.75) is 31.8 Å². The minimum atomic E-state index is -1.72. The third-order valence-corrected chi connectivity index (χ3v) is 4.85. The first-order chi connectivity index (χ1) is 12.7. The second-order valence-corrected chi connectivity index (χ2v) is 6.69. The number of carbonyl (C=O) groups excluding carboxylic acids is 3. The van der Waals surface area contributed by atoms with Crippen LogP contribution in [0.3, 0.4) is 0 Å². The number of phenolic OH excluding ortho intramolecular Hbond substituents is 1. The molecular formula is C19H24O8. The van der Waals surface area contributed by atoms with Crippen LogP contribution in [0.1, 0.15) is 31.7 Å². The van der Waals surface area contributed by atoms with Gasteiger partial charge < -0.3 is 24.4 Å². The Bertz CT molecular complexity index is 739. The maximum atomic E-state index is 12.6. The van der Waals surface area contributed by atoms with E-state index in [1.54, 1.807) is 6.92 Å². The van der Waals surface area contributed by atoms with Crippen molar-refractivity contribution in [2.24, 2.45) is 11.8 Å². The van der Waals surface area contributed by atoms with Crippen LogP contribution >= 0.6 is 0 Å². The molecule has 1 aromatic rings. The summed E-state index contributed by atoms with van der Waals surface area (Å²) in [6, 6.07) is 4.27. The fourth-order valence-electron chi connectivity index (χ4n) is 3.68. The topological polar surface area (TPSA) is 119 Å². The lowest BCUT2D eigenvalue weighted by atomic mass is 9.61.